The zero-order valence-electron chi connectivity index (χ0n) is 20.5. The molecule has 0 saturated heterocycles. The van der Waals surface area contributed by atoms with Gasteiger partial charge in [-0.25, -0.2) is 0 Å². The third-order valence-corrected chi connectivity index (χ3v) is 7.69. The zero-order valence-corrected chi connectivity index (χ0v) is 20.5. The molecule has 0 aliphatic heterocycles. The topological polar surface area (TPSA) is 77.8 Å². The summed E-state index contributed by atoms with van der Waals surface area (Å²) in [6.45, 7) is 8.36. The first-order chi connectivity index (χ1) is 16.8. The molecule has 4 heteroatoms. The maximum Gasteiger partial charge on any atom is 0.0893 e. The number of anilines is 2. The van der Waals surface area contributed by atoms with Crippen molar-refractivity contribution >= 4 is 22.4 Å². The van der Waals surface area contributed by atoms with Crippen molar-refractivity contribution in [3.05, 3.63) is 118 Å². The van der Waals surface area contributed by atoms with Gasteiger partial charge in [0.2, 0.25) is 0 Å². The summed E-state index contributed by atoms with van der Waals surface area (Å²) in [6, 6.07) is 22.1. The lowest BCUT2D eigenvalue weighted by Crippen LogP contribution is -2.29. The van der Waals surface area contributed by atoms with Gasteiger partial charge in [0, 0.05) is 23.8 Å². The highest BCUT2D eigenvalue weighted by Gasteiger charge is 2.47. The van der Waals surface area contributed by atoms with Gasteiger partial charge in [-0.1, -0.05) is 48.5 Å². The maximum absolute atomic E-state index is 6.43. The fourth-order valence-corrected chi connectivity index (χ4v) is 5.91. The number of fused-ring (bicyclic) bond motifs is 4. The van der Waals surface area contributed by atoms with Gasteiger partial charge in [0.15, 0.2) is 0 Å². The third kappa shape index (κ3) is 2.86. The van der Waals surface area contributed by atoms with Crippen molar-refractivity contribution < 1.29 is 0 Å². The predicted molar refractivity (Wildman–Crippen MR) is 145 cm³/mol. The Morgan fingerprint density at radius 2 is 1.06 bits per heavy atom. The van der Waals surface area contributed by atoms with E-state index in [1.54, 1.807) is 12.4 Å². The SMILES string of the molecule is Cc1cc(C2(c3cc(C)c(N)c(C)c3)c3ccccc3-c3cc4nccnc4cc32)cc(C)c1N. The largest absolute Gasteiger partial charge is 0.398 e. The van der Waals surface area contributed by atoms with Crippen LogP contribution in [0.25, 0.3) is 22.2 Å². The summed E-state index contributed by atoms with van der Waals surface area (Å²) >= 11 is 0. The van der Waals surface area contributed by atoms with Gasteiger partial charge in [0.1, 0.15) is 0 Å². The quantitative estimate of drug-likeness (QED) is 0.296. The van der Waals surface area contributed by atoms with E-state index >= 15 is 0 Å². The second kappa shape index (κ2) is 7.41. The van der Waals surface area contributed by atoms with E-state index in [0.717, 1.165) is 44.7 Å². The van der Waals surface area contributed by atoms with E-state index in [2.05, 4.69) is 98.3 Å². The van der Waals surface area contributed by atoms with Gasteiger partial charge in [-0.2, -0.15) is 0 Å². The van der Waals surface area contributed by atoms with Crippen LogP contribution in [0.4, 0.5) is 11.4 Å². The van der Waals surface area contributed by atoms with Crippen LogP contribution in [-0.2, 0) is 5.41 Å². The normalized spacial score (nSPS) is 13.6. The monoisotopic (exact) mass is 456 g/mol. The standard InChI is InChI=1S/C31H28N4/c1-17-11-21(12-18(2)29(17)32)31(22-13-19(3)30(33)20(4)14-22)25-8-6-5-7-23(25)24-15-27-28(16-26(24)31)35-10-9-34-27/h5-16H,32-33H2,1-4H3. The van der Waals surface area contributed by atoms with Gasteiger partial charge in [0.25, 0.3) is 0 Å². The van der Waals surface area contributed by atoms with Gasteiger partial charge < -0.3 is 11.5 Å². The number of aromatic nitrogens is 2. The minimum Gasteiger partial charge on any atom is -0.398 e. The van der Waals surface area contributed by atoms with Crippen molar-refractivity contribution in [3.63, 3.8) is 0 Å². The molecule has 172 valence electrons. The molecule has 0 saturated carbocycles. The number of benzene rings is 4. The Morgan fingerprint density at radius 3 is 1.60 bits per heavy atom. The number of rotatable bonds is 2. The fourth-order valence-electron chi connectivity index (χ4n) is 5.91. The van der Waals surface area contributed by atoms with Crippen LogP contribution in [0.5, 0.6) is 0 Å². The average molecular weight is 457 g/mol. The summed E-state index contributed by atoms with van der Waals surface area (Å²) in [6.07, 6.45) is 3.51. The zero-order chi connectivity index (χ0) is 24.5. The van der Waals surface area contributed by atoms with Crippen LogP contribution in [0.1, 0.15) is 44.5 Å². The molecule has 0 fully saturated rings. The van der Waals surface area contributed by atoms with Crippen molar-refractivity contribution in [1.82, 2.24) is 9.97 Å². The molecular weight excluding hydrogens is 428 g/mol. The van der Waals surface area contributed by atoms with Gasteiger partial charge >= 0.3 is 0 Å². The Bertz CT molecular complexity index is 1560. The van der Waals surface area contributed by atoms with Crippen molar-refractivity contribution in [3.8, 4) is 11.1 Å². The Labute approximate surface area is 205 Å². The molecule has 1 heterocycles. The van der Waals surface area contributed by atoms with Gasteiger partial charge in [-0.05, 0) is 95.5 Å². The van der Waals surface area contributed by atoms with Crippen LogP contribution in [0.15, 0.2) is 73.1 Å². The van der Waals surface area contributed by atoms with Gasteiger partial charge in [-0.3, -0.25) is 9.97 Å². The summed E-state index contributed by atoms with van der Waals surface area (Å²) in [5, 5.41) is 0. The Morgan fingerprint density at radius 1 is 0.571 bits per heavy atom. The molecule has 4 N–H and O–H groups in total. The smallest absolute Gasteiger partial charge is 0.0893 e. The van der Waals surface area contributed by atoms with Gasteiger partial charge in [0.05, 0.1) is 16.4 Å². The third-order valence-electron chi connectivity index (χ3n) is 7.69. The lowest BCUT2D eigenvalue weighted by Gasteiger charge is -2.35. The lowest BCUT2D eigenvalue weighted by molar-refractivity contribution is 0.765. The Kier molecular flexibility index (Phi) is 4.52. The van der Waals surface area contributed by atoms with Crippen LogP contribution in [-0.4, -0.2) is 9.97 Å². The van der Waals surface area contributed by atoms with Crippen LogP contribution in [0, 0.1) is 27.7 Å². The first-order valence-corrected chi connectivity index (χ1v) is 11.9. The Hall–Kier alpha value is -4.18. The van der Waals surface area contributed by atoms with Crippen LogP contribution in [0.3, 0.4) is 0 Å². The summed E-state index contributed by atoms with van der Waals surface area (Å²) in [5.41, 5.74) is 27.3. The summed E-state index contributed by atoms with van der Waals surface area (Å²) in [4.78, 5) is 9.28. The van der Waals surface area contributed by atoms with Crippen molar-refractivity contribution in [2.24, 2.45) is 0 Å². The molecule has 1 aliphatic carbocycles. The second-order valence-electron chi connectivity index (χ2n) is 9.79. The number of hydrogen-bond acceptors (Lipinski definition) is 4. The van der Waals surface area contributed by atoms with Gasteiger partial charge in [-0.15, -0.1) is 0 Å². The first kappa shape index (κ1) is 21.4. The number of hydrogen-bond donors (Lipinski definition) is 2. The van der Waals surface area contributed by atoms with Crippen LogP contribution in [0.2, 0.25) is 0 Å². The molecule has 35 heavy (non-hydrogen) atoms. The molecule has 0 bridgehead atoms. The number of nitrogens with two attached hydrogens (primary N) is 2. The molecule has 5 aromatic rings. The highest BCUT2D eigenvalue weighted by molar-refractivity contribution is 5.93. The van der Waals surface area contributed by atoms with E-state index in [1.165, 1.54) is 33.4 Å². The molecule has 0 amide bonds. The highest BCUT2D eigenvalue weighted by Crippen LogP contribution is 2.57. The van der Waals surface area contributed by atoms with Crippen molar-refractivity contribution in [2.45, 2.75) is 33.1 Å². The Balaban J connectivity index is 1.85. The van der Waals surface area contributed by atoms with E-state index in [1.807, 2.05) is 0 Å². The van der Waals surface area contributed by atoms with E-state index in [-0.39, 0.29) is 0 Å². The minimum atomic E-state index is -0.538. The number of aryl methyl sites for hydroxylation is 4. The van der Waals surface area contributed by atoms with E-state index in [9.17, 15) is 0 Å². The molecular formula is C31H28N4. The summed E-state index contributed by atoms with van der Waals surface area (Å²) in [5.74, 6) is 0. The molecule has 0 atom stereocenters. The molecule has 4 nitrogen and oxygen atoms in total. The van der Waals surface area contributed by atoms with Crippen LogP contribution < -0.4 is 11.5 Å². The maximum atomic E-state index is 6.43. The van der Waals surface area contributed by atoms with Crippen molar-refractivity contribution in [1.29, 1.82) is 0 Å². The molecule has 1 aliphatic rings. The van der Waals surface area contributed by atoms with E-state index < -0.39 is 5.41 Å². The predicted octanol–water partition coefficient (Wildman–Crippen LogP) is 6.39. The number of nitrogens with zero attached hydrogens (tertiary/aromatic N) is 2. The van der Waals surface area contributed by atoms with E-state index in [0.29, 0.717) is 0 Å². The number of nitrogen functional groups attached to an aromatic ring is 2. The molecule has 0 radical (unpaired) electrons. The van der Waals surface area contributed by atoms with Crippen molar-refractivity contribution in [2.75, 3.05) is 11.5 Å². The average Bonchev–Trinajstić information content (AvgIpc) is 3.14. The molecule has 4 aromatic carbocycles. The molecule has 0 spiro atoms. The second-order valence-corrected chi connectivity index (χ2v) is 9.79. The molecule has 1 aromatic heterocycles. The fraction of sp³-hybridized carbons (Fsp3) is 0.161. The first-order valence-electron chi connectivity index (χ1n) is 11.9. The molecule has 0 unspecified atom stereocenters. The lowest BCUT2D eigenvalue weighted by atomic mass is 9.66. The minimum absolute atomic E-state index is 0.538. The summed E-state index contributed by atoms with van der Waals surface area (Å²) in [7, 11) is 0. The highest BCUT2D eigenvalue weighted by atomic mass is 14.8. The van der Waals surface area contributed by atoms with Crippen LogP contribution >= 0.6 is 0 Å². The van der Waals surface area contributed by atoms with E-state index in [4.69, 9.17) is 11.5 Å². The summed E-state index contributed by atoms with van der Waals surface area (Å²) < 4.78 is 0. The molecule has 6 rings (SSSR count).